The molecule has 2 aromatic rings. The van der Waals surface area contributed by atoms with Crippen LogP contribution in [0.3, 0.4) is 0 Å². The lowest BCUT2D eigenvalue weighted by molar-refractivity contribution is -0.193. The second kappa shape index (κ2) is 8.38. The van der Waals surface area contributed by atoms with Crippen molar-refractivity contribution in [1.29, 1.82) is 0 Å². The molecule has 2 saturated heterocycles. The van der Waals surface area contributed by atoms with Crippen LogP contribution >= 0.6 is 0 Å². The minimum Gasteiger partial charge on any atom is -0.469 e. The van der Waals surface area contributed by atoms with Gasteiger partial charge in [0, 0.05) is 12.0 Å². The van der Waals surface area contributed by atoms with Crippen LogP contribution < -0.4 is 10.4 Å². The topological polar surface area (TPSA) is 71.1 Å². The molecule has 3 aliphatic rings. The minimum absolute atomic E-state index is 0.199. The molecule has 3 fully saturated rings. The van der Waals surface area contributed by atoms with Gasteiger partial charge in [-0.2, -0.15) is 0 Å². The summed E-state index contributed by atoms with van der Waals surface area (Å²) in [6.07, 6.45) is 0.380. The molecular formula is C26H32O6Si. The summed E-state index contributed by atoms with van der Waals surface area (Å²) in [6.45, 7) is 7.16. The number of carbonyl (C=O) groups is 2. The largest absolute Gasteiger partial charge is 0.469 e. The molecule has 176 valence electrons. The molecule has 3 atom stereocenters. The highest BCUT2D eigenvalue weighted by molar-refractivity contribution is 6.99. The predicted octanol–water partition coefficient (Wildman–Crippen LogP) is 2.68. The van der Waals surface area contributed by atoms with E-state index in [1.807, 2.05) is 36.4 Å². The zero-order valence-electron chi connectivity index (χ0n) is 19.9. The zero-order chi connectivity index (χ0) is 23.9. The highest BCUT2D eigenvalue weighted by Crippen LogP contribution is 2.63. The van der Waals surface area contributed by atoms with Gasteiger partial charge in [-0.05, 0) is 21.8 Å². The van der Waals surface area contributed by atoms with E-state index in [-0.39, 0.29) is 11.6 Å². The van der Waals surface area contributed by atoms with E-state index in [1.54, 1.807) is 0 Å². The number of fused-ring (bicyclic) bond motifs is 1. The van der Waals surface area contributed by atoms with Gasteiger partial charge >= 0.3 is 11.9 Å². The van der Waals surface area contributed by atoms with E-state index in [1.165, 1.54) is 14.2 Å². The molecule has 1 saturated carbocycles. The van der Waals surface area contributed by atoms with E-state index in [2.05, 4.69) is 45.0 Å². The van der Waals surface area contributed by atoms with Crippen molar-refractivity contribution in [3.8, 4) is 0 Å². The molecule has 3 unspecified atom stereocenters. The Hall–Kier alpha value is -2.48. The summed E-state index contributed by atoms with van der Waals surface area (Å²) in [5, 5.41) is 2.12. The summed E-state index contributed by atoms with van der Waals surface area (Å²) >= 11 is 0. The fraction of sp³-hybridized carbons (Fsp3) is 0.462. The normalized spacial score (nSPS) is 26.4. The van der Waals surface area contributed by atoms with Gasteiger partial charge in [0.2, 0.25) is 0 Å². The third kappa shape index (κ3) is 3.45. The lowest BCUT2D eigenvalue weighted by Crippen LogP contribution is -2.70. The van der Waals surface area contributed by atoms with Crippen molar-refractivity contribution >= 4 is 30.6 Å². The lowest BCUT2D eigenvalue weighted by Gasteiger charge is -2.51. The fourth-order valence-corrected chi connectivity index (χ4v) is 10.5. The summed E-state index contributed by atoms with van der Waals surface area (Å²) in [7, 11) is -0.151. The van der Waals surface area contributed by atoms with E-state index in [9.17, 15) is 9.59 Å². The Morgan fingerprint density at radius 3 is 1.97 bits per heavy atom. The van der Waals surface area contributed by atoms with Gasteiger partial charge in [0.1, 0.15) is 5.92 Å². The van der Waals surface area contributed by atoms with Crippen LogP contribution in [0.15, 0.2) is 60.7 Å². The van der Waals surface area contributed by atoms with Crippen molar-refractivity contribution in [1.82, 2.24) is 0 Å². The molecule has 0 N–H and O–H groups in total. The number of ether oxygens (including phenoxy) is 3. The van der Waals surface area contributed by atoms with Crippen molar-refractivity contribution in [2.75, 3.05) is 27.4 Å². The van der Waals surface area contributed by atoms with Gasteiger partial charge in [-0.1, -0.05) is 81.4 Å². The summed E-state index contributed by atoms with van der Waals surface area (Å²) in [5.41, 5.74) is -1.91. The number of benzene rings is 2. The average Bonchev–Trinajstić information content (AvgIpc) is 3.35. The van der Waals surface area contributed by atoms with Crippen LogP contribution in [0.4, 0.5) is 0 Å². The molecule has 33 heavy (non-hydrogen) atoms. The van der Waals surface area contributed by atoms with Gasteiger partial charge in [-0.25, -0.2) is 4.79 Å². The number of rotatable bonds is 7. The highest BCUT2D eigenvalue weighted by atomic mass is 28.4. The number of carbonyl (C=O) groups excluding carboxylic acids is 2. The molecule has 6 nitrogen and oxygen atoms in total. The smallest absolute Gasteiger partial charge is 0.339 e. The van der Waals surface area contributed by atoms with Crippen LogP contribution in [-0.2, 0) is 28.2 Å². The monoisotopic (exact) mass is 468 g/mol. The first-order valence-corrected chi connectivity index (χ1v) is 13.1. The molecule has 2 aromatic carbocycles. The molecular weight excluding hydrogens is 436 g/mol. The van der Waals surface area contributed by atoms with E-state index < -0.39 is 37.2 Å². The molecule has 0 aromatic heterocycles. The van der Waals surface area contributed by atoms with Crippen LogP contribution in [-0.4, -0.2) is 53.3 Å². The fourth-order valence-electron chi connectivity index (χ4n) is 5.80. The van der Waals surface area contributed by atoms with Crippen LogP contribution in [0.25, 0.3) is 0 Å². The Labute approximate surface area is 196 Å². The van der Waals surface area contributed by atoms with E-state index in [0.29, 0.717) is 13.0 Å². The second-order valence-electron chi connectivity index (χ2n) is 10.1. The van der Waals surface area contributed by atoms with E-state index in [4.69, 9.17) is 18.6 Å². The maximum absolute atomic E-state index is 12.8. The Bertz CT molecular complexity index is 979. The zero-order valence-corrected chi connectivity index (χ0v) is 20.9. The first-order valence-electron chi connectivity index (χ1n) is 11.2. The molecule has 0 amide bonds. The van der Waals surface area contributed by atoms with Gasteiger partial charge in [0.15, 0.2) is 5.60 Å². The quantitative estimate of drug-likeness (QED) is 0.460. The molecule has 5 rings (SSSR count). The van der Waals surface area contributed by atoms with Crippen molar-refractivity contribution in [3.05, 3.63) is 60.7 Å². The average molecular weight is 469 g/mol. The summed E-state index contributed by atoms with van der Waals surface area (Å²) in [6, 6.07) is 20.7. The Balaban J connectivity index is 1.76. The summed E-state index contributed by atoms with van der Waals surface area (Å²) in [4.78, 5) is 25.4. The van der Waals surface area contributed by atoms with Crippen LogP contribution in [0, 0.1) is 11.3 Å². The molecule has 1 aliphatic carbocycles. The van der Waals surface area contributed by atoms with Crippen molar-refractivity contribution in [3.63, 3.8) is 0 Å². The van der Waals surface area contributed by atoms with E-state index in [0.717, 1.165) is 10.4 Å². The molecule has 2 heterocycles. The molecule has 2 aliphatic heterocycles. The number of esters is 2. The Morgan fingerprint density at radius 1 is 0.970 bits per heavy atom. The molecule has 0 radical (unpaired) electrons. The third-order valence-electron chi connectivity index (χ3n) is 7.27. The first kappa shape index (κ1) is 23.7. The standard InChI is InChI=1S/C26H32O6Si/c1-24(2,3)33(19-12-8-6-9-13-19,20-14-10-7-11-15-20)32-18-25-16-26(31-17-25,23(28)30-5)21(25)22(27)29-4/h6-15,21H,16-18H2,1-5H3. The maximum atomic E-state index is 12.8. The second-order valence-corrected chi connectivity index (χ2v) is 14.4. The van der Waals surface area contributed by atoms with Crippen molar-refractivity contribution < 1.29 is 28.2 Å². The molecule has 7 heteroatoms. The van der Waals surface area contributed by atoms with E-state index >= 15 is 0 Å². The van der Waals surface area contributed by atoms with Gasteiger partial charge in [0.25, 0.3) is 8.32 Å². The van der Waals surface area contributed by atoms with Gasteiger partial charge < -0.3 is 18.6 Å². The first-order chi connectivity index (χ1) is 15.7. The highest BCUT2D eigenvalue weighted by Gasteiger charge is 2.78. The van der Waals surface area contributed by atoms with Gasteiger partial charge in [0.05, 0.1) is 20.8 Å². The number of hydrogen-bond acceptors (Lipinski definition) is 6. The maximum Gasteiger partial charge on any atom is 0.339 e. The molecule has 2 bridgehead atoms. The Morgan fingerprint density at radius 2 is 1.52 bits per heavy atom. The van der Waals surface area contributed by atoms with Gasteiger partial charge in [-0.15, -0.1) is 0 Å². The van der Waals surface area contributed by atoms with Crippen molar-refractivity contribution in [2.45, 2.75) is 37.8 Å². The van der Waals surface area contributed by atoms with Crippen LogP contribution in [0.1, 0.15) is 27.2 Å². The van der Waals surface area contributed by atoms with Crippen LogP contribution in [0.2, 0.25) is 5.04 Å². The summed E-state index contributed by atoms with van der Waals surface area (Å²) in [5.74, 6) is -1.74. The van der Waals surface area contributed by atoms with Gasteiger partial charge in [-0.3, -0.25) is 4.79 Å². The predicted molar refractivity (Wildman–Crippen MR) is 127 cm³/mol. The number of hydrogen-bond donors (Lipinski definition) is 0. The van der Waals surface area contributed by atoms with Crippen LogP contribution in [0.5, 0.6) is 0 Å². The molecule has 0 spiro atoms. The minimum atomic E-state index is -2.80. The van der Waals surface area contributed by atoms with Crippen molar-refractivity contribution in [2.24, 2.45) is 11.3 Å². The third-order valence-corrected chi connectivity index (χ3v) is 12.3. The Kier molecular flexibility index (Phi) is 6.01. The SMILES string of the molecule is COC(=O)C1C2(CO[Si](c3ccccc3)(c3ccccc3)C(C)(C)C)COC1(C(=O)OC)C2. The lowest BCUT2D eigenvalue weighted by atomic mass is 9.54. The summed E-state index contributed by atoms with van der Waals surface area (Å²) < 4.78 is 23.1. The number of methoxy groups -OCH3 is 2.